The summed E-state index contributed by atoms with van der Waals surface area (Å²) < 4.78 is 0. The molecule has 1 aliphatic heterocycles. The molecule has 1 saturated heterocycles. The standard InChI is InChI=1S/C20H22N2O2/c23-19(14-16-8-3-1-4-9-16)22-13-7-12-18(22)20(24)21-15-17-10-5-2-6-11-17/h1-6,8-11,18H,7,12-15H2,(H,21,24)/t18-/m1/s1. The third-order valence-electron chi connectivity index (χ3n) is 4.38. The van der Waals surface area contributed by atoms with Gasteiger partial charge < -0.3 is 10.2 Å². The first-order valence-electron chi connectivity index (χ1n) is 8.39. The van der Waals surface area contributed by atoms with E-state index in [1.54, 1.807) is 4.90 Å². The highest BCUT2D eigenvalue weighted by atomic mass is 16.2. The fourth-order valence-corrected chi connectivity index (χ4v) is 3.11. The Kier molecular flexibility index (Phi) is 5.26. The van der Waals surface area contributed by atoms with E-state index < -0.39 is 0 Å². The SMILES string of the molecule is O=C(NCc1ccccc1)[C@H]1CCCN1C(=O)Cc1ccccc1. The van der Waals surface area contributed by atoms with Gasteiger partial charge >= 0.3 is 0 Å². The Bertz CT molecular complexity index is 685. The van der Waals surface area contributed by atoms with E-state index in [0.29, 0.717) is 19.5 Å². The van der Waals surface area contributed by atoms with Crippen molar-refractivity contribution in [2.45, 2.75) is 31.8 Å². The minimum atomic E-state index is -0.343. The van der Waals surface area contributed by atoms with Gasteiger partial charge in [0.1, 0.15) is 6.04 Å². The van der Waals surface area contributed by atoms with Gasteiger partial charge in [0, 0.05) is 13.1 Å². The van der Waals surface area contributed by atoms with Crippen LogP contribution in [0.2, 0.25) is 0 Å². The van der Waals surface area contributed by atoms with E-state index in [1.165, 1.54) is 0 Å². The molecule has 1 fully saturated rings. The molecule has 1 N–H and O–H groups in total. The van der Waals surface area contributed by atoms with Crippen LogP contribution in [0, 0.1) is 0 Å². The summed E-state index contributed by atoms with van der Waals surface area (Å²) >= 11 is 0. The Morgan fingerprint density at radius 1 is 0.958 bits per heavy atom. The average molecular weight is 322 g/mol. The van der Waals surface area contributed by atoms with E-state index in [4.69, 9.17) is 0 Å². The summed E-state index contributed by atoms with van der Waals surface area (Å²) in [7, 11) is 0. The van der Waals surface area contributed by atoms with Gasteiger partial charge in [-0.15, -0.1) is 0 Å². The fourth-order valence-electron chi connectivity index (χ4n) is 3.11. The summed E-state index contributed by atoms with van der Waals surface area (Å²) in [5.74, 6) is -0.0312. The molecule has 2 aromatic carbocycles. The lowest BCUT2D eigenvalue weighted by atomic mass is 10.1. The molecule has 1 aliphatic rings. The Morgan fingerprint density at radius 2 is 1.58 bits per heavy atom. The summed E-state index contributed by atoms with van der Waals surface area (Å²) in [5, 5.41) is 2.96. The van der Waals surface area contributed by atoms with Crippen molar-refractivity contribution in [1.29, 1.82) is 0 Å². The molecule has 24 heavy (non-hydrogen) atoms. The molecule has 2 aromatic rings. The molecular formula is C20H22N2O2. The summed E-state index contributed by atoms with van der Waals surface area (Å²) in [5.41, 5.74) is 2.05. The van der Waals surface area contributed by atoms with Crippen molar-refractivity contribution in [3.63, 3.8) is 0 Å². The van der Waals surface area contributed by atoms with Crippen LogP contribution in [0.25, 0.3) is 0 Å². The maximum Gasteiger partial charge on any atom is 0.243 e. The molecule has 0 saturated carbocycles. The van der Waals surface area contributed by atoms with Crippen molar-refractivity contribution in [3.8, 4) is 0 Å². The molecule has 2 amide bonds. The molecule has 0 aromatic heterocycles. The van der Waals surface area contributed by atoms with Crippen molar-refractivity contribution in [1.82, 2.24) is 10.2 Å². The number of amides is 2. The minimum absolute atomic E-state index is 0.0264. The molecule has 4 heteroatoms. The van der Waals surface area contributed by atoms with E-state index in [9.17, 15) is 9.59 Å². The normalized spacial score (nSPS) is 16.8. The van der Waals surface area contributed by atoms with Gasteiger partial charge in [0.25, 0.3) is 0 Å². The van der Waals surface area contributed by atoms with Gasteiger partial charge in [-0.05, 0) is 24.0 Å². The lowest BCUT2D eigenvalue weighted by molar-refractivity contribution is -0.138. The average Bonchev–Trinajstić information content (AvgIpc) is 3.11. The maximum atomic E-state index is 12.5. The van der Waals surface area contributed by atoms with Crippen LogP contribution in [-0.4, -0.2) is 29.3 Å². The molecule has 0 bridgehead atoms. The second kappa shape index (κ2) is 7.77. The van der Waals surface area contributed by atoms with Crippen molar-refractivity contribution >= 4 is 11.8 Å². The van der Waals surface area contributed by atoms with Gasteiger partial charge in [-0.3, -0.25) is 9.59 Å². The second-order valence-corrected chi connectivity index (χ2v) is 6.11. The van der Waals surface area contributed by atoms with Crippen molar-refractivity contribution in [2.75, 3.05) is 6.54 Å². The van der Waals surface area contributed by atoms with Crippen LogP contribution in [0.4, 0.5) is 0 Å². The van der Waals surface area contributed by atoms with Crippen LogP contribution in [-0.2, 0) is 22.6 Å². The summed E-state index contributed by atoms with van der Waals surface area (Å²) in [4.78, 5) is 26.8. The maximum absolute atomic E-state index is 12.5. The lowest BCUT2D eigenvalue weighted by Gasteiger charge is -2.24. The summed E-state index contributed by atoms with van der Waals surface area (Å²) in [6.45, 7) is 1.16. The largest absolute Gasteiger partial charge is 0.350 e. The number of nitrogens with zero attached hydrogens (tertiary/aromatic N) is 1. The number of nitrogens with one attached hydrogen (secondary N) is 1. The Hall–Kier alpha value is -2.62. The van der Waals surface area contributed by atoms with Crippen molar-refractivity contribution in [2.24, 2.45) is 0 Å². The lowest BCUT2D eigenvalue weighted by Crippen LogP contribution is -2.46. The van der Waals surface area contributed by atoms with Crippen LogP contribution >= 0.6 is 0 Å². The van der Waals surface area contributed by atoms with Crippen LogP contribution < -0.4 is 5.32 Å². The van der Waals surface area contributed by atoms with Crippen molar-refractivity contribution in [3.05, 3.63) is 71.8 Å². The Labute approximate surface area is 142 Å². The Balaban J connectivity index is 1.58. The zero-order chi connectivity index (χ0) is 16.8. The number of rotatable bonds is 5. The third-order valence-corrected chi connectivity index (χ3v) is 4.38. The van der Waals surface area contributed by atoms with Gasteiger partial charge in [-0.25, -0.2) is 0 Å². The number of benzene rings is 2. The Morgan fingerprint density at radius 3 is 2.25 bits per heavy atom. The fraction of sp³-hybridized carbons (Fsp3) is 0.300. The van der Waals surface area contributed by atoms with Crippen LogP contribution in [0.15, 0.2) is 60.7 Å². The van der Waals surface area contributed by atoms with Crippen LogP contribution in [0.1, 0.15) is 24.0 Å². The first-order valence-corrected chi connectivity index (χ1v) is 8.39. The van der Waals surface area contributed by atoms with Gasteiger partial charge in [0.2, 0.25) is 11.8 Å². The molecular weight excluding hydrogens is 300 g/mol. The zero-order valence-electron chi connectivity index (χ0n) is 13.7. The quantitative estimate of drug-likeness (QED) is 0.919. The highest BCUT2D eigenvalue weighted by Crippen LogP contribution is 2.19. The van der Waals surface area contributed by atoms with E-state index in [1.807, 2.05) is 60.7 Å². The first kappa shape index (κ1) is 16.2. The molecule has 124 valence electrons. The molecule has 0 aliphatic carbocycles. The summed E-state index contributed by atoms with van der Waals surface area (Å²) in [6.07, 6.45) is 1.97. The molecule has 1 atom stereocenters. The van der Waals surface area contributed by atoms with E-state index in [2.05, 4.69) is 5.32 Å². The van der Waals surface area contributed by atoms with E-state index >= 15 is 0 Å². The number of carbonyl (C=O) groups excluding carboxylic acids is 2. The zero-order valence-corrected chi connectivity index (χ0v) is 13.7. The number of hydrogen-bond donors (Lipinski definition) is 1. The van der Waals surface area contributed by atoms with Gasteiger partial charge in [-0.1, -0.05) is 60.7 Å². The topological polar surface area (TPSA) is 49.4 Å². The van der Waals surface area contributed by atoms with Gasteiger partial charge in [-0.2, -0.15) is 0 Å². The number of likely N-dealkylation sites (tertiary alicyclic amines) is 1. The highest BCUT2D eigenvalue weighted by Gasteiger charge is 2.33. The first-order chi connectivity index (χ1) is 11.7. The molecule has 0 radical (unpaired) electrons. The molecule has 4 nitrogen and oxygen atoms in total. The van der Waals surface area contributed by atoms with Crippen molar-refractivity contribution < 1.29 is 9.59 Å². The molecule has 1 heterocycles. The van der Waals surface area contributed by atoms with Crippen LogP contribution in [0.3, 0.4) is 0 Å². The third kappa shape index (κ3) is 4.02. The molecule has 0 spiro atoms. The monoisotopic (exact) mass is 322 g/mol. The van der Waals surface area contributed by atoms with Gasteiger partial charge in [0.15, 0.2) is 0 Å². The van der Waals surface area contributed by atoms with Crippen LogP contribution in [0.5, 0.6) is 0 Å². The summed E-state index contributed by atoms with van der Waals surface area (Å²) in [6, 6.07) is 19.1. The number of hydrogen-bond acceptors (Lipinski definition) is 2. The molecule has 3 rings (SSSR count). The molecule has 0 unspecified atom stereocenters. The predicted octanol–water partition coefficient (Wildman–Crippen LogP) is 2.54. The van der Waals surface area contributed by atoms with Gasteiger partial charge in [0.05, 0.1) is 6.42 Å². The van der Waals surface area contributed by atoms with E-state index in [-0.39, 0.29) is 17.9 Å². The van der Waals surface area contributed by atoms with E-state index in [0.717, 1.165) is 24.0 Å². The smallest absolute Gasteiger partial charge is 0.243 e. The highest BCUT2D eigenvalue weighted by molar-refractivity contribution is 5.89. The minimum Gasteiger partial charge on any atom is -0.350 e. The second-order valence-electron chi connectivity index (χ2n) is 6.11. The number of carbonyl (C=O) groups is 2. The predicted molar refractivity (Wildman–Crippen MR) is 93.2 cm³/mol.